The van der Waals surface area contributed by atoms with Crippen LogP contribution in [0.25, 0.3) is 0 Å². The molecule has 2 aromatic rings. The predicted molar refractivity (Wildman–Crippen MR) is 162 cm³/mol. The van der Waals surface area contributed by atoms with E-state index in [0.29, 0.717) is 5.02 Å². The summed E-state index contributed by atoms with van der Waals surface area (Å²) in [6.07, 6.45) is 6.93. The number of hydrogen-bond donors (Lipinski definition) is 1. The van der Waals surface area contributed by atoms with E-state index in [1.807, 2.05) is 30.1 Å². The molecule has 0 aliphatic heterocycles. The molecule has 42 heavy (non-hydrogen) atoms. The zero-order chi connectivity index (χ0) is 30.1. The van der Waals surface area contributed by atoms with Crippen LogP contribution >= 0.6 is 11.6 Å². The van der Waals surface area contributed by atoms with Gasteiger partial charge in [-0.05, 0) is 67.7 Å². The smallest absolute Gasteiger partial charge is 0.407 e. The number of carbonyl (C=O) groups excluding carboxylic acids is 4. The molecule has 2 saturated carbocycles. The van der Waals surface area contributed by atoms with E-state index in [0.717, 1.165) is 56.8 Å². The van der Waals surface area contributed by atoms with Crippen LogP contribution in [-0.4, -0.2) is 65.2 Å². The fraction of sp³-hybridized carbons (Fsp3) is 0.515. The van der Waals surface area contributed by atoms with Crippen molar-refractivity contribution < 1.29 is 23.9 Å². The maximum Gasteiger partial charge on any atom is 0.407 e. The van der Waals surface area contributed by atoms with Gasteiger partial charge in [-0.25, -0.2) is 4.79 Å². The predicted octanol–water partition coefficient (Wildman–Crippen LogP) is 5.55. The van der Waals surface area contributed by atoms with Crippen molar-refractivity contribution >= 4 is 35.8 Å². The summed E-state index contributed by atoms with van der Waals surface area (Å²) < 4.78 is 5.25. The molecule has 2 unspecified atom stereocenters. The molecule has 0 heterocycles. The van der Waals surface area contributed by atoms with E-state index in [2.05, 4.69) is 24.4 Å². The first-order valence-corrected chi connectivity index (χ1v) is 15.3. The summed E-state index contributed by atoms with van der Waals surface area (Å²) in [7, 11) is 1.85. The van der Waals surface area contributed by atoms with Gasteiger partial charge in [0.2, 0.25) is 11.8 Å². The third kappa shape index (κ3) is 8.34. The van der Waals surface area contributed by atoms with Gasteiger partial charge in [0.05, 0.1) is 6.04 Å². The minimum atomic E-state index is -0.756. The third-order valence-corrected chi connectivity index (χ3v) is 9.05. The lowest BCUT2D eigenvalue weighted by Crippen LogP contribution is -2.54. The molecule has 2 aliphatic rings. The van der Waals surface area contributed by atoms with Crippen LogP contribution in [0.1, 0.15) is 69.4 Å². The normalized spacial score (nSPS) is 19.7. The standard InChI is InChI=1S/C33H42ClN3O5/c1-24-9-6-7-14-29(24)37(31(40)21-35-32(41)42-23-26-12-8-13-27(34)19-26)28(22-38)15-16-30(39)36(2)33(17-18-33)20-25-10-4-3-5-11-25/h3-5,8,10-13,19,22,24,28-29H,6-7,9,14-18,20-21,23H2,1-2H3,(H,35,41)/t24?,28-,29?/m0/s1. The Kier molecular flexibility index (Phi) is 11.0. The average molecular weight is 596 g/mol. The minimum Gasteiger partial charge on any atom is -0.445 e. The number of halogens is 1. The SMILES string of the molecule is CC1CCCCC1N(C(=O)CNC(=O)OCc1cccc(Cl)c1)[C@H](C=O)CCC(=O)N(C)C1(Cc2ccccc2)CC1. The van der Waals surface area contributed by atoms with Crippen molar-refractivity contribution in [3.63, 3.8) is 0 Å². The summed E-state index contributed by atoms with van der Waals surface area (Å²) in [5.41, 5.74) is 1.74. The number of hydrogen-bond acceptors (Lipinski definition) is 5. The van der Waals surface area contributed by atoms with Crippen molar-refractivity contribution in [2.75, 3.05) is 13.6 Å². The summed E-state index contributed by atoms with van der Waals surface area (Å²) >= 11 is 5.99. The zero-order valence-corrected chi connectivity index (χ0v) is 25.4. The van der Waals surface area contributed by atoms with Crippen LogP contribution in [-0.2, 0) is 32.1 Å². The molecule has 226 valence electrons. The highest BCUT2D eigenvalue weighted by Gasteiger charge is 2.48. The number of aldehydes is 1. The van der Waals surface area contributed by atoms with Gasteiger partial charge in [-0.2, -0.15) is 0 Å². The quantitative estimate of drug-likeness (QED) is 0.306. The summed E-state index contributed by atoms with van der Waals surface area (Å²) in [6.45, 7) is 1.82. The van der Waals surface area contributed by atoms with Crippen molar-refractivity contribution in [2.45, 2.75) is 88.9 Å². The monoisotopic (exact) mass is 595 g/mol. The number of carbonyl (C=O) groups is 4. The van der Waals surface area contributed by atoms with Crippen LogP contribution in [0.2, 0.25) is 5.02 Å². The molecular weight excluding hydrogens is 554 g/mol. The Bertz CT molecular complexity index is 1240. The highest BCUT2D eigenvalue weighted by Crippen LogP contribution is 2.44. The van der Waals surface area contributed by atoms with Crippen molar-refractivity contribution in [3.05, 3.63) is 70.7 Å². The molecule has 4 rings (SSSR count). The molecule has 2 fully saturated rings. The van der Waals surface area contributed by atoms with Gasteiger partial charge in [0.1, 0.15) is 19.4 Å². The van der Waals surface area contributed by atoms with E-state index >= 15 is 0 Å². The van der Waals surface area contributed by atoms with Crippen LogP contribution in [0.15, 0.2) is 54.6 Å². The largest absolute Gasteiger partial charge is 0.445 e. The topological polar surface area (TPSA) is 96.0 Å². The van der Waals surface area contributed by atoms with Gasteiger partial charge >= 0.3 is 6.09 Å². The maximum absolute atomic E-state index is 13.5. The molecule has 0 saturated heterocycles. The van der Waals surface area contributed by atoms with E-state index in [1.165, 1.54) is 5.56 Å². The molecule has 0 aromatic heterocycles. The Morgan fingerprint density at radius 2 is 1.76 bits per heavy atom. The summed E-state index contributed by atoms with van der Waals surface area (Å²) in [5, 5.41) is 3.08. The Labute approximate surface area is 253 Å². The van der Waals surface area contributed by atoms with Gasteiger partial charge in [-0.1, -0.05) is 73.8 Å². The summed E-state index contributed by atoms with van der Waals surface area (Å²) in [5.74, 6) is -0.171. The van der Waals surface area contributed by atoms with Crippen molar-refractivity contribution in [1.82, 2.24) is 15.1 Å². The first-order valence-electron chi connectivity index (χ1n) is 14.9. The molecule has 8 nitrogen and oxygen atoms in total. The molecule has 9 heteroatoms. The van der Waals surface area contributed by atoms with Crippen LogP contribution < -0.4 is 5.32 Å². The molecular formula is C33H42ClN3O5. The highest BCUT2D eigenvalue weighted by atomic mass is 35.5. The molecule has 0 radical (unpaired) electrons. The van der Waals surface area contributed by atoms with Crippen LogP contribution in [0.5, 0.6) is 0 Å². The van der Waals surface area contributed by atoms with E-state index in [1.54, 1.807) is 29.2 Å². The van der Waals surface area contributed by atoms with E-state index in [-0.39, 0.29) is 55.3 Å². The zero-order valence-electron chi connectivity index (χ0n) is 24.6. The second-order valence-electron chi connectivity index (χ2n) is 11.8. The van der Waals surface area contributed by atoms with Gasteiger partial charge < -0.3 is 24.6 Å². The third-order valence-electron chi connectivity index (χ3n) is 8.81. The lowest BCUT2D eigenvalue weighted by atomic mass is 9.84. The molecule has 2 aromatic carbocycles. The molecule has 2 aliphatic carbocycles. The number of likely N-dealkylation sites (N-methyl/N-ethyl adjacent to an activating group) is 1. The van der Waals surface area contributed by atoms with Gasteiger partial charge in [0.15, 0.2) is 0 Å². The van der Waals surface area contributed by atoms with Crippen LogP contribution in [0.3, 0.4) is 0 Å². The molecule has 0 spiro atoms. The second-order valence-corrected chi connectivity index (χ2v) is 12.2. The lowest BCUT2D eigenvalue weighted by molar-refractivity contribution is -0.142. The van der Waals surface area contributed by atoms with Crippen LogP contribution in [0.4, 0.5) is 4.79 Å². The Balaban J connectivity index is 1.36. The summed E-state index contributed by atoms with van der Waals surface area (Å²) in [6, 6.07) is 16.3. The first-order chi connectivity index (χ1) is 20.2. The maximum atomic E-state index is 13.5. The van der Waals surface area contributed by atoms with Gasteiger partial charge in [-0.3, -0.25) is 9.59 Å². The fourth-order valence-corrected chi connectivity index (χ4v) is 6.33. The molecule has 0 bridgehead atoms. The molecule has 3 atom stereocenters. The Hall–Kier alpha value is -3.39. The Morgan fingerprint density at radius 3 is 2.43 bits per heavy atom. The number of alkyl carbamates (subject to hydrolysis) is 1. The van der Waals surface area contributed by atoms with Gasteiger partial charge in [0.25, 0.3) is 0 Å². The lowest BCUT2D eigenvalue weighted by Gasteiger charge is -2.41. The minimum absolute atomic E-state index is 0.0162. The number of amides is 3. The van der Waals surface area contributed by atoms with Crippen molar-refractivity contribution in [2.24, 2.45) is 5.92 Å². The van der Waals surface area contributed by atoms with E-state index in [4.69, 9.17) is 16.3 Å². The van der Waals surface area contributed by atoms with Crippen molar-refractivity contribution in [3.8, 4) is 0 Å². The molecule has 3 amide bonds. The number of ether oxygens (including phenoxy) is 1. The van der Waals surface area contributed by atoms with Crippen LogP contribution in [0, 0.1) is 5.92 Å². The van der Waals surface area contributed by atoms with E-state index < -0.39 is 12.1 Å². The second kappa shape index (κ2) is 14.7. The Morgan fingerprint density at radius 1 is 1.05 bits per heavy atom. The summed E-state index contributed by atoms with van der Waals surface area (Å²) in [4.78, 5) is 55.1. The van der Waals surface area contributed by atoms with E-state index in [9.17, 15) is 19.2 Å². The number of rotatable bonds is 13. The van der Waals surface area contributed by atoms with Crippen molar-refractivity contribution in [1.29, 1.82) is 0 Å². The average Bonchev–Trinajstić information content (AvgIpc) is 3.78. The fourth-order valence-electron chi connectivity index (χ4n) is 6.12. The van der Waals surface area contributed by atoms with Gasteiger partial charge in [-0.15, -0.1) is 0 Å². The first kappa shape index (κ1) is 31.5. The number of nitrogens with zero attached hydrogens (tertiary/aromatic N) is 2. The molecule has 1 N–H and O–H groups in total. The number of nitrogens with one attached hydrogen (secondary N) is 1. The van der Waals surface area contributed by atoms with Gasteiger partial charge in [0, 0.05) is 30.1 Å². The number of benzene rings is 2. The highest BCUT2D eigenvalue weighted by molar-refractivity contribution is 6.30.